The lowest BCUT2D eigenvalue weighted by molar-refractivity contribution is -0.156. The molecule has 1 heterocycles. The number of ether oxygens (including phenoxy) is 1. The Kier molecular flexibility index (Phi) is 7.06. The quantitative estimate of drug-likeness (QED) is 0.545. The van der Waals surface area contributed by atoms with E-state index >= 15 is 0 Å². The van der Waals surface area contributed by atoms with Crippen LogP contribution >= 0.6 is 0 Å². The molecule has 35 heavy (non-hydrogen) atoms. The molecule has 2 aromatic carbocycles. The number of rotatable bonds is 8. The number of benzene rings is 2. The van der Waals surface area contributed by atoms with Crippen LogP contribution in [0.5, 0.6) is 0 Å². The number of nitrogens with zero attached hydrogens (tertiary/aromatic N) is 1. The Hall–Kier alpha value is -3.68. The van der Waals surface area contributed by atoms with Crippen molar-refractivity contribution >= 4 is 23.9 Å². The van der Waals surface area contributed by atoms with E-state index in [1.54, 1.807) is 71.0 Å². The van der Waals surface area contributed by atoms with Crippen LogP contribution in [0.4, 0.5) is 4.79 Å². The molecular weight excluding hydrogens is 448 g/mol. The number of aliphatic carboxylic acids is 1. The minimum atomic E-state index is -1.92. The summed E-state index contributed by atoms with van der Waals surface area (Å²) in [6, 6.07) is 15.2. The minimum absolute atomic E-state index is 0.0892. The molecule has 1 aliphatic heterocycles. The van der Waals surface area contributed by atoms with Crippen LogP contribution in [0.3, 0.4) is 0 Å². The van der Waals surface area contributed by atoms with Gasteiger partial charge in [-0.15, -0.1) is 0 Å². The Morgan fingerprint density at radius 3 is 1.89 bits per heavy atom. The van der Waals surface area contributed by atoms with E-state index in [9.17, 15) is 24.3 Å². The Balaban J connectivity index is 2.02. The highest BCUT2D eigenvalue weighted by Crippen LogP contribution is 2.45. The molecule has 0 saturated carbocycles. The lowest BCUT2D eigenvalue weighted by atomic mass is 9.65. The van der Waals surface area contributed by atoms with Crippen molar-refractivity contribution in [3.8, 4) is 0 Å². The molecule has 0 saturated heterocycles. The molecule has 2 N–H and O–H groups in total. The van der Waals surface area contributed by atoms with E-state index in [1.807, 2.05) is 6.07 Å². The lowest BCUT2D eigenvalue weighted by Gasteiger charge is -2.48. The maximum absolute atomic E-state index is 13.5. The van der Waals surface area contributed by atoms with Gasteiger partial charge in [0.25, 0.3) is 11.8 Å². The minimum Gasteiger partial charge on any atom is -0.479 e. The summed E-state index contributed by atoms with van der Waals surface area (Å²) in [7, 11) is 0. The molecular formula is C27H32N2O6. The molecule has 0 spiro atoms. The Morgan fingerprint density at radius 2 is 1.40 bits per heavy atom. The van der Waals surface area contributed by atoms with Gasteiger partial charge >= 0.3 is 12.1 Å². The fourth-order valence-corrected chi connectivity index (χ4v) is 4.51. The number of nitrogens with one attached hydrogen (secondary N) is 1. The molecule has 0 aliphatic carbocycles. The number of carbonyl (C=O) groups is 4. The summed E-state index contributed by atoms with van der Waals surface area (Å²) in [5.41, 5.74) is -2.72. The normalized spacial score (nSPS) is 15.4. The van der Waals surface area contributed by atoms with Gasteiger partial charge in [-0.25, -0.2) is 9.59 Å². The Bertz CT molecular complexity index is 1100. The van der Waals surface area contributed by atoms with Crippen molar-refractivity contribution in [1.29, 1.82) is 0 Å². The third-order valence-corrected chi connectivity index (χ3v) is 6.37. The number of fused-ring (bicyclic) bond motifs is 1. The predicted molar refractivity (Wildman–Crippen MR) is 130 cm³/mol. The van der Waals surface area contributed by atoms with E-state index < -0.39 is 40.4 Å². The van der Waals surface area contributed by atoms with E-state index in [0.717, 1.165) is 4.90 Å². The maximum atomic E-state index is 13.5. The first kappa shape index (κ1) is 25.9. The SMILES string of the molecule is CC(C)(C)OC(=O)NCCC(C)(C)[C@](Cc1ccccc1)(C(=O)O)N1C(=O)c2ccccc2C1=O. The molecule has 1 aliphatic rings. The molecule has 3 rings (SSSR count). The van der Waals surface area contributed by atoms with Gasteiger partial charge in [-0.2, -0.15) is 0 Å². The van der Waals surface area contributed by atoms with Crippen molar-refractivity contribution in [3.05, 3.63) is 71.3 Å². The van der Waals surface area contributed by atoms with Gasteiger partial charge in [-0.3, -0.25) is 14.5 Å². The predicted octanol–water partition coefficient (Wildman–Crippen LogP) is 4.29. The second kappa shape index (κ2) is 9.52. The van der Waals surface area contributed by atoms with Gasteiger partial charge in [0, 0.05) is 18.4 Å². The fraction of sp³-hybridized carbons (Fsp3) is 0.407. The van der Waals surface area contributed by atoms with Crippen molar-refractivity contribution in [1.82, 2.24) is 10.2 Å². The first-order chi connectivity index (χ1) is 16.3. The third-order valence-electron chi connectivity index (χ3n) is 6.37. The van der Waals surface area contributed by atoms with Crippen molar-refractivity contribution in [2.45, 2.75) is 58.6 Å². The van der Waals surface area contributed by atoms with Gasteiger partial charge in [-0.1, -0.05) is 56.3 Å². The van der Waals surface area contributed by atoms with Crippen LogP contribution in [-0.2, 0) is 16.0 Å². The first-order valence-electron chi connectivity index (χ1n) is 11.5. The van der Waals surface area contributed by atoms with E-state index in [1.165, 1.54) is 12.1 Å². The van der Waals surface area contributed by atoms with E-state index in [2.05, 4.69) is 5.32 Å². The van der Waals surface area contributed by atoms with Crippen LogP contribution in [0.25, 0.3) is 0 Å². The van der Waals surface area contributed by atoms with Gasteiger partial charge < -0.3 is 15.2 Å². The number of carboxylic acid groups (broad SMARTS) is 1. The molecule has 0 aromatic heterocycles. The summed E-state index contributed by atoms with van der Waals surface area (Å²) in [5.74, 6) is -2.58. The summed E-state index contributed by atoms with van der Waals surface area (Å²) in [6.45, 7) is 8.72. The average molecular weight is 481 g/mol. The highest BCUT2D eigenvalue weighted by Gasteiger charge is 2.61. The van der Waals surface area contributed by atoms with Gasteiger partial charge in [0.2, 0.25) is 0 Å². The molecule has 1 atom stereocenters. The second-order valence-corrected chi connectivity index (χ2v) is 10.4. The van der Waals surface area contributed by atoms with Crippen LogP contribution in [0.1, 0.15) is 67.3 Å². The Morgan fingerprint density at radius 1 is 0.886 bits per heavy atom. The molecule has 3 amide bonds. The summed E-state index contributed by atoms with van der Waals surface area (Å²) in [6.07, 6.45) is -0.551. The van der Waals surface area contributed by atoms with Crippen LogP contribution in [0.2, 0.25) is 0 Å². The number of hydrogen-bond acceptors (Lipinski definition) is 5. The lowest BCUT2D eigenvalue weighted by Crippen LogP contribution is -2.66. The summed E-state index contributed by atoms with van der Waals surface area (Å²) >= 11 is 0. The smallest absolute Gasteiger partial charge is 0.407 e. The largest absolute Gasteiger partial charge is 0.479 e. The van der Waals surface area contributed by atoms with E-state index in [4.69, 9.17) is 4.74 Å². The number of carbonyl (C=O) groups excluding carboxylic acids is 3. The van der Waals surface area contributed by atoms with Crippen molar-refractivity contribution in [2.24, 2.45) is 5.41 Å². The van der Waals surface area contributed by atoms with Gasteiger partial charge in [-0.05, 0) is 44.9 Å². The Labute approximate surface area is 205 Å². The molecule has 0 unspecified atom stereocenters. The molecule has 8 nitrogen and oxygen atoms in total. The van der Waals surface area contributed by atoms with Crippen molar-refractivity contribution in [2.75, 3.05) is 6.54 Å². The van der Waals surface area contributed by atoms with Crippen LogP contribution < -0.4 is 5.32 Å². The molecule has 8 heteroatoms. The van der Waals surface area contributed by atoms with E-state index in [0.29, 0.717) is 5.56 Å². The monoisotopic (exact) mass is 480 g/mol. The topological polar surface area (TPSA) is 113 Å². The highest BCUT2D eigenvalue weighted by molar-refractivity contribution is 6.23. The number of alkyl carbamates (subject to hydrolysis) is 1. The first-order valence-corrected chi connectivity index (χ1v) is 11.5. The summed E-state index contributed by atoms with van der Waals surface area (Å²) in [5, 5.41) is 13.4. The molecule has 0 bridgehead atoms. The molecule has 0 fully saturated rings. The number of carboxylic acids is 1. The van der Waals surface area contributed by atoms with Crippen molar-refractivity contribution < 1.29 is 29.0 Å². The number of amides is 3. The molecule has 186 valence electrons. The standard InChI is InChI=1S/C27H32N2O6/c1-25(2,3)35-24(34)28-16-15-26(4,5)27(23(32)33,17-18-11-7-6-8-12-18)29-21(30)19-13-9-10-14-20(19)22(29)31/h6-14H,15-17H2,1-5H3,(H,28,34)(H,32,33)/t27-/m0/s1. The summed E-state index contributed by atoms with van der Waals surface area (Å²) in [4.78, 5) is 53.2. The van der Waals surface area contributed by atoms with Gasteiger partial charge in [0.05, 0.1) is 11.1 Å². The molecule has 2 aromatic rings. The summed E-state index contributed by atoms with van der Waals surface area (Å²) < 4.78 is 5.27. The van der Waals surface area contributed by atoms with Crippen LogP contribution in [-0.4, -0.2) is 51.6 Å². The zero-order valence-electron chi connectivity index (χ0n) is 20.8. The van der Waals surface area contributed by atoms with Crippen LogP contribution in [0.15, 0.2) is 54.6 Å². The fourth-order valence-electron chi connectivity index (χ4n) is 4.51. The third kappa shape index (κ3) is 5.06. The number of imide groups is 1. The zero-order chi connectivity index (χ0) is 26.0. The van der Waals surface area contributed by atoms with Gasteiger partial charge in [0.1, 0.15) is 5.60 Å². The molecule has 0 radical (unpaired) electrons. The average Bonchev–Trinajstić information content (AvgIpc) is 3.02. The van der Waals surface area contributed by atoms with Crippen molar-refractivity contribution in [3.63, 3.8) is 0 Å². The van der Waals surface area contributed by atoms with Crippen LogP contribution in [0, 0.1) is 5.41 Å². The highest BCUT2D eigenvalue weighted by atomic mass is 16.6. The van der Waals surface area contributed by atoms with Gasteiger partial charge in [0.15, 0.2) is 5.54 Å². The number of hydrogen-bond donors (Lipinski definition) is 2. The van der Waals surface area contributed by atoms with E-state index in [-0.39, 0.29) is 30.5 Å². The zero-order valence-corrected chi connectivity index (χ0v) is 20.8. The second-order valence-electron chi connectivity index (χ2n) is 10.4. The maximum Gasteiger partial charge on any atom is 0.407 e.